The van der Waals surface area contributed by atoms with Crippen molar-refractivity contribution < 1.29 is 9.72 Å². The minimum absolute atomic E-state index is 0.0699. The normalized spacial score (nSPS) is 13.5. The lowest BCUT2D eigenvalue weighted by molar-refractivity contribution is -0.384. The van der Waals surface area contributed by atoms with Crippen LogP contribution in [0.5, 0.6) is 0 Å². The van der Waals surface area contributed by atoms with Crippen LogP contribution >= 0.6 is 0 Å². The van der Waals surface area contributed by atoms with E-state index < -0.39 is 11.0 Å². The van der Waals surface area contributed by atoms with Crippen LogP contribution in [-0.2, 0) is 6.54 Å². The standard InChI is InChI=1S/C17H19N5O3/c23-17(20-14-4-3-5-15(10-14)22(24)25)19-12-13-6-7-16(18-11-13)21-8-1-2-9-21/h3-7,10-11H,1-2,8-9,12H2,(H2,19,20,23). The molecule has 8 nitrogen and oxygen atoms in total. The predicted octanol–water partition coefficient (Wildman–Crippen LogP) is 2.91. The summed E-state index contributed by atoms with van der Waals surface area (Å²) in [5.74, 6) is 0.960. The third-order valence-electron chi connectivity index (χ3n) is 4.01. The number of carbonyl (C=O) groups is 1. The second kappa shape index (κ2) is 7.61. The van der Waals surface area contributed by atoms with Crippen LogP contribution in [0.2, 0.25) is 0 Å². The molecule has 3 rings (SSSR count). The van der Waals surface area contributed by atoms with E-state index in [0.717, 1.165) is 24.5 Å². The van der Waals surface area contributed by atoms with Crippen LogP contribution < -0.4 is 15.5 Å². The molecule has 130 valence electrons. The highest BCUT2D eigenvalue weighted by atomic mass is 16.6. The van der Waals surface area contributed by atoms with Crippen LogP contribution in [0, 0.1) is 10.1 Å². The maximum absolute atomic E-state index is 11.9. The Hall–Kier alpha value is -3.16. The number of nitro benzene ring substituents is 1. The number of carbonyl (C=O) groups excluding carboxylic acids is 1. The lowest BCUT2D eigenvalue weighted by Crippen LogP contribution is -2.28. The van der Waals surface area contributed by atoms with Crippen LogP contribution in [0.15, 0.2) is 42.6 Å². The lowest BCUT2D eigenvalue weighted by atomic mass is 10.2. The average molecular weight is 341 g/mol. The summed E-state index contributed by atoms with van der Waals surface area (Å²) in [6.07, 6.45) is 4.15. The molecule has 1 aromatic heterocycles. The molecule has 0 spiro atoms. The third kappa shape index (κ3) is 4.43. The van der Waals surface area contributed by atoms with Crippen molar-refractivity contribution in [2.75, 3.05) is 23.3 Å². The number of nitrogens with one attached hydrogen (secondary N) is 2. The predicted molar refractivity (Wildman–Crippen MR) is 94.6 cm³/mol. The first kappa shape index (κ1) is 16.7. The number of nitro groups is 1. The van der Waals surface area contributed by atoms with Crippen LogP contribution in [0.25, 0.3) is 0 Å². The average Bonchev–Trinajstić information content (AvgIpc) is 3.15. The van der Waals surface area contributed by atoms with E-state index in [-0.39, 0.29) is 5.69 Å². The summed E-state index contributed by atoms with van der Waals surface area (Å²) in [4.78, 5) is 28.8. The molecule has 1 fully saturated rings. The van der Waals surface area contributed by atoms with Gasteiger partial charge in [-0.2, -0.15) is 0 Å². The number of benzene rings is 1. The molecule has 25 heavy (non-hydrogen) atoms. The number of hydrogen-bond acceptors (Lipinski definition) is 5. The second-order valence-electron chi connectivity index (χ2n) is 5.83. The third-order valence-corrected chi connectivity index (χ3v) is 4.01. The van der Waals surface area contributed by atoms with Crippen molar-refractivity contribution in [2.45, 2.75) is 19.4 Å². The summed E-state index contributed by atoms with van der Waals surface area (Å²) in [5, 5.41) is 16.0. The number of non-ortho nitro benzene ring substituents is 1. The summed E-state index contributed by atoms with van der Waals surface area (Å²) in [7, 11) is 0. The molecule has 0 saturated carbocycles. The molecular weight excluding hydrogens is 322 g/mol. The first-order valence-electron chi connectivity index (χ1n) is 8.11. The van der Waals surface area contributed by atoms with E-state index in [2.05, 4.69) is 20.5 Å². The van der Waals surface area contributed by atoms with E-state index >= 15 is 0 Å². The summed E-state index contributed by atoms with van der Waals surface area (Å²) >= 11 is 0. The first-order valence-corrected chi connectivity index (χ1v) is 8.11. The number of anilines is 2. The zero-order chi connectivity index (χ0) is 17.6. The van der Waals surface area contributed by atoms with Gasteiger partial charge in [0.1, 0.15) is 5.82 Å². The van der Waals surface area contributed by atoms with Gasteiger partial charge in [0, 0.05) is 43.7 Å². The highest BCUT2D eigenvalue weighted by Crippen LogP contribution is 2.18. The van der Waals surface area contributed by atoms with Crippen LogP contribution in [0.4, 0.5) is 22.0 Å². The van der Waals surface area contributed by atoms with Crippen molar-refractivity contribution in [3.63, 3.8) is 0 Å². The highest BCUT2D eigenvalue weighted by Gasteiger charge is 2.13. The Bertz CT molecular complexity index is 757. The van der Waals surface area contributed by atoms with Gasteiger partial charge in [0.25, 0.3) is 5.69 Å². The van der Waals surface area contributed by atoms with Crippen molar-refractivity contribution in [3.8, 4) is 0 Å². The first-order chi connectivity index (χ1) is 12.1. The monoisotopic (exact) mass is 341 g/mol. The number of hydrogen-bond donors (Lipinski definition) is 2. The van der Waals surface area contributed by atoms with Crippen LogP contribution in [-0.4, -0.2) is 29.0 Å². The van der Waals surface area contributed by atoms with Crippen molar-refractivity contribution in [3.05, 3.63) is 58.3 Å². The zero-order valence-corrected chi connectivity index (χ0v) is 13.6. The van der Waals surface area contributed by atoms with E-state index in [1.165, 1.54) is 31.0 Å². The Morgan fingerprint density at radius 2 is 2.04 bits per heavy atom. The fourth-order valence-electron chi connectivity index (χ4n) is 2.71. The highest BCUT2D eigenvalue weighted by molar-refractivity contribution is 5.89. The topological polar surface area (TPSA) is 100 Å². The molecule has 1 aromatic carbocycles. The Kier molecular flexibility index (Phi) is 5.08. The minimum atomic E-state index is -0.503. The fourth-order valence-corrected chi connectivity index (χ4v) is 2.71. The number of rotatable bonds is 5. The van der Waals surface area contributed by atoms with E-state index in [0.29, 0.717) is 12.2 Å². The van der Waals surface area contributed by atoms with Crippen LogP contribution in [0.3, 0.4) is 0 Å². The summed E-state index contributed by atoms with van der Waals surface area (Å²) in [6, 6.07) is 9.27. The second-order valence-corrected chi connectivity index (χ2v) is 5.83. The molecule has 0 unspecified atom stereocenters. The van der Waals surface area contributed by atoms with Gasteiger partial charge in [-0.05, 0) is 30.5 Å². The Morgan fingerprint density at radius 1 is 1.24 bits per heavy atom. The Labute approximate surface area is 145 Å². The molecule has 1 aliphatic rings. The lowest BCUT2D eigenvalue weighted by Gasteiger charge is -2.16. The molecule has 0 atom stereocenters. The quantitative estimate of drug-likeness (QED) is 0.643. The van der Waals surface area contributed by atoms with Gasteiger partial charge in [-0.15, -0.1) is 0 Å². The molecule has 0 bridgehead atoms. The number of urea groups is 1. The summed E-state index contributed by atoms with van der Waals surface area (Å²) in [6.45, 7) is 2.40. The fraction of sp³-hybridized carbons (Fsp3) is 0.294. The van der Waals surface area contributed by atoms with E-state index in [1.54, 1.807) is 12.3 Å². The molecule has 8 heteroatoms. The maximum atomic E-state index is 11.9. The molecule has 0 radical (unpaired) electrons. The van der Waals surface area contributed by atoms with Gasteiger partial charge < -0.3 is 15.5 Å². The smallest absolute Gasteiger partial charge is 0.319 e. The van der Waals surface area contributed by atoms with E-state index in [1.807, 2.05) is 12.1 Å². The van der Waals surface area contributed by atoms with Gasteiger partial charge in [0.15, 0.2) is 0 Å². The van der Waals surface area contributed by atoms with E-state index in [9.17, 15) is 14.9 Å². The Balaban J connectivity index is 1.52. The van der Waals surface area contributed by atoms with Crippen LogP contribution in [0.1, 0.15) is 18.4 Å². The summed E-state index contributed by atoms with van der Waals surface area (Å²) < 4.78 is 0. The van der Waals surface area contributed by atoms with Crippen molar-refractivity contribution in [1.29, 1.82) is 0 Å². The van der Waals surface area contributed by atoms with Gasteiger partial charge in [-0.3, -0.25) is 10.1 Å². The van der Waals surface area contributed by atoms with Crippen molar-refractivity contribution in [1.82, 2.24) is 10.3 Å². The number of amides is 2. The maximum Gasteiger partial charge on any atom is 0.319 e. The van der Waals surface area contributed by atoms with Crippen molar-refractivity contribution >= 4 is 23.2 Å². The van der Waals surface area contributed by atoms with E-state index in [4.69, 9.17) is 0 Å². The molecular formula is C17H19N5O3. The Morgan fingerprint density at radius 3 is 2.72 bits per heavy atom. The number of nitrogens with zero attached hydrogens (tertiary/aromatic N) is 3. The number of pyridine rings is 1. The van der Waals surface area contributed by atoms with Crippen molar-refractivity contribution in [2.24, 2.45) is 0 Å². The largest absolute Gasteiger partial charge is 0.357 e. The van der Waals surface area contributed by atoms with Gasteiger partial charge in [-0.1, -0.05) is 12.1 Å². The SMILES string of the molecule is O=C(NCc1ccc(N2CCCC2)nc1)Nc1cccc([N+](=O)[O-])c1. The molecule has 0 aliphatic carbocycles. The van der Waals surface area contributed by atoms with Gasteiger partial charge in [0.05, 0.1) is 4.92 Å². The van der Waals surface area contributed by atoms with Gasteiger partial charge in [-0.25, -0.2) is 9.78 Å². The molecule has 1 saturated heterocycles. The van der Waals surface area contributed by atoms with Gasteiger partial charge in [0.2, 0.25) is 0 Å². The zero-order valence-electron chi connectivity index (χ0n) is 13.6. The molecule has 2 aromatic rings. The summed E-state index contributed by atoms with van der Waals surface area (Å²) in [5.41, 5.74) is 1.19. The van der Waals surface area contributed by atoms with Gasteiger partial charge >= 0.3 is 6.03 Å². The number of aromatic nitrogens is 1. The molecule has 2 amide bonds. The molecule has 2 N–H and O–H groups in total. The molecule has 1 aliphatic heterocycles. The molecule has 2 heterocycles. The minimum Gasteiger partial charge on any atom is -0.357 e.